The molecule has 0 aromatic heterocycles. The third-order valence-corrected chi connectivity index (χ3v) is 4.86. The van der Waals surface area contributed by atoms with E-state index in [4.69, 9.17) is 32.5 Å². The second kappa shape index (κ2) is 15.6. The van der Waals surface area contributed by atoms with E-state index in [-0.39, 0.29) is 24.1 Å². The highest BCUT2D eigenvalue weighted by Crippen LogP contribution is 2.27. The summed E-state index contributed by atoms with van der Waals surface area (Å²) >= 11 is 0. The molecule has 0 radical (unpaired) electrons. The maximum absolute atomic E-state index is 11.6. The summed E-state index contributed by atoms with van der Waals surface area (Å²) in [5.41, 5.74) is 18.3. The first-order valence-corrected chi connectivity index (χ1v) is 11.3. The summed E-state index contributed by atoms with van der Waals surface area (Å²) < 4.78 is 10.2. The molecule has 0 heterocycles. The van der Waals surface area contributed by atoms with Crippen LogP contribution in [-0.4, -0.2) is 37.8 Å². The van der Waals surface area contributed by atoms with Crippen LogP contribution in [0.5, 0.6) is 11.5 Å². The molecule has 0 saturated heterocycles. The first-order chi connectivity index (χ1) is 17.1. The van der Waals surface area contributed by atoms with Gasteiger partial charge in [0, 0.05) is 18.5 Å². The fraction of sp³-hybridized carbons (Fsp3) is 0.360. The van der Waals surface area contributed by atoms with Gasteiger partial charge in [0.15, 0.2) is 17.5 Å². The lowest BCUT2D eigenvalue weighted by atomic mass is 10.1. The number of guanidine groups is 1. The molecule has 0 aliphatic carbocycles. The topological polar surface area (TPSA) is 193 Å². The van der Waals surface area contributed by atoms with Gasteiger partial charge < -0.3 is 37.8 Å². The lowest BCUT2D eigenvalue weighted by molar-refractivity contribution is -0.121. The number of rotatable bonds is 10. The van der Waals surface area contributed by atoms with Crippen LogP contribution >= 0.6 is 0 Å². The van der Waals surface area contributed by atoms with Gasteiger partial charge in [-0.1, -0.05) is 38.1 Å². The van der Waals surface area contributed by atoms with Crippen molar-refractivity contribution in [3.63, 3.8) is 0 Å². The Hall–Kier alpha value is -4.28. The van der Waals surface area contributed by atoms with Crippen molar-refractivity contribution in [3.8, 4) is 11.5 Å². The molecule has 196 valence electrons. The second-order valence-corrected chi connectivity index (χ2v) is 8.22. The number of amides is 2. The fourth-order valence-corrected chi connectivity index (χ4v) is 2.97. The van der Waals surface area contributed by atoms with Gasteiger partial charge >= 0.3 is 0 Å². The number of amidine groups is 1. The quantitative estimate of drug-likeness (QED) is 0.140. The first kappa shape index (κ1) is 29.8. The van der Waals surface area contributed by atoms with Crippen molar-refractivity contribution in [2.45, 2.75) is 39.7 Å². The van der Waals surface area contributed by atoms with E-state index in [2.05, 4.69) is 29.3 Å². The van der Waals surface area contributed by atoms with Crippen LogP contribution in [0.25, 0.3) is 0 Å². The molecular weight excluding hydrogens is 462 g/mol. The summed E-state index contributed by atoms with van der Waals surface area (Å²) in [6.45, 7) is 4.69. The number of hydrogen-bond donors (Lipinski definition) is 5. The zero-order valence-electron chi connectivity index (χ0n) is 21.3. The molecule has 0 atom stereocenters. The summed E-state index contributed by atoms with van der Waals surface area (Å²) in [5, 5.41) is 6.34. The normalized spacial score (nSPS) is 10.6. The minimum absolute atomic E-state index is 0.0690. The maximum atomic E-state index is 11.6. The van der Waals surface area contributed by atoms with Crippen molar-refractivity contribution in [1.82, 2.24) is 5.32 Å². The average molecular weight is 500 g/mol. The Morgan fingerprint density at radius 2 is 1.67 bits per heavy atom. The molecule has 0 saturated carbocycles. The van der Waals surface area contributed by atoms with Crippen LogP contribution in [0, 0.1) is 5.92 Å². The highest BCUT2D eigenvalue weighted by atomic mass is 16.5. The van der Waals surface area contributed by atoms with Crippen LogP contribution in [0.2, 0.25) is 0 Å². The third kappa shape index (κ3) is 11.2. The van der Waals surface area contributed by atoms with E-state index >= 15 is 0 Å². The number of nitrogens with one attached hydrogen (secondary N) is 1. The van der Waals surface area contributed by atoms with Gasteiger partial charge in [0.25, 0.3) is 5.91 Å². The number of hydrazone groups is 1. The smallest absolute Gasteiger partial charge is 0.253 e. The van der Waals surface area contributed by atoms with E-state index in [0.29, 0.717) is 30.4 Å². The zero-order chi connectivity index (χ0) is 27.1. The number of hydrogen-bond acceptors (Lipinski definition) is 6. The van der Waals surface area contributed by atoms with E-state index in [1.165, 1.54) is 7.11 Å². The van der Waals surface area contributed by atoms with Gasteiger partial charge in [-0.2, -0.15) is 10.1 Å². The van der Waals surface area contributed by atoms with Crippen molar-refractivity contribution in [1.29, 1.82) is 0 Å². The molecule has 0 fully saturated rings. The van der Waals surface area contributed by atoms with Crippen LogP contribution < -0.4 is 37.8 Å². The van der Waals surface area contributed by atoms with Gasteiger partial charge in [-0.25, -0.2) is 0 Å². The zero-order valence-corrected chi connectivity index (χ0v) is 21.3. The van der Waals surface area contributed by atoms with Crippen LogP contribution in [0.15, 0.2) is 52.6 Å². The number of methoxy groups -OCH3 is 2. The maximum Gasteiger partial charge on any atom is 0.253 e. The minimum Gasteiger partial charge on any atom is -0.493 e. The summed E-state index contributed by atoms with van der Waals surface area (Å²) in [6, 6.07) is 12.7. The minimum atomic E-state index is -0.405. The van der Waals surface area contributed by atoms with E-state index in [1.807, 2.05) is 24.3 Å². The summed E-state index contributed by atoms with van der Waals surface area (Å²) in [5.74, 6) is 6.54. The molecule has 0 aliphatic heterocycles. The largest absolute Gasteiger partial charge is 0.493 e. The molecule has 36 heavy (non-hydrogen) atoms. The highest BCUT2D eigenvalue weighted by molar-refractivity contribution is 5.97. The van der Waals surface area contributed by atoms with E-state index in [0.717, 1.165) is 23.1 Å². The monoisotopic (exact) mass is 499 g/mol. The molecule has 0 unspecified atom stereocenters. The fourth-order valence-electron chi connectivity index (χ4n) is 2.97. The highest BCUT2D eigenvalue weighted by Gasteiger charge is 2.08. The Labute approximate surface area is 211 Å². The Morgan fingerprint density at radius 3 is 2.25 bits per heavy atom. The number of benzene rings is 2. The van der Waals surface area contributed by atoms with Gasteiger partial charge in [0.1, 0.15) is 5.84 Å². The predicted molar refractivity (Wildman–Crippen MR) is 141 cm³/mol. The molecule has 2 rings (SSSR count). The molecule has 2 aromatic rings. The van der Waals surface area contributed by atoms with Crippen LogP contribution in [-0.2, 0) is 22.6 Å². The average Bonchev–Trinajstić information content (AvgIpc) is 2.85. The molecule has 0 bridgehead atoms. The number of nitrogens with zero attached hydrogens (tertiary/aromatic N) is 2. The molecule has 9 N–H and O–H groups in total. The van der Waals surface area contributed by atoms with Crippen molar-refractivity contribution < 1.29 is 19.1 Å². The molecule has 0 spiro atoms. The number of nitrogens with two attached hydrogens (primary N) is 4. The lowest BCUT2D eigenvalue weighted by Gasteiger charge is -2.08. The van der Waals surface area contributed by atoms with Crippen molar-refractivity contribution >= 4 is 23.6 Å². The van der Waals surface area contributed by atoms with Crippen molar-refractivity contribution in [2.24, 2.45) is 39.1 Å². The van der Waals surface area contributed by atoms with E-state index in [1.54, 1.807) is 25.3 Å². The number of carbonyl (C=O) groups excluding carboxylic acids is 2. The molecule has 0 aliphatic rings. The Morgan fingerprint density at radius 1 is 0.972 bits per heavy atom. The van der Waals surface area contributed by atoms with Gasteiger partial charge in [-0.05, 0) is 41.7 Å². The second-order valence-electron chi connectivity index (χ2n) is 8.22. The molecular formula is C25H37N7O4. The van der Waals surface area contributed by atoms with Gasteiger partial charge in [0.05, 0.1) is 20.6 Å². The van der Waals surface area contributed by atoms with Crippen LogP contribution in [0.4, 0.5) is 0 Å². The Balaban J connectivity index is 0.000000362. The molecule has 11 heteroatoms. The van der Waals surface area contributed by atoms with Crippen LogP contribution in [0.3, 0.4) is 0 Å². The van der Waals surface area contributed by atoms with Gasteiger partial charge in [0.2, 0.25) is 5.91 Å². The molecule has 2 aromatic carbocycles. The van der Waals surface area contributed by atoms with Crippen LogP contribution in [0.1, 0.15) is 43.4 Å². The Kier molecular flexibility index (Phi) is 12.9. The number of aliphatic imine (C=N–C) groups is 1. The number of carbonyl (C=O) groups is 2. The van der Waals surface area contributed by atoms with Crippen molar-refractivity contribution in [3.05, 3.63) is 59.2 Å². The van der Waals surface area contributed by atoms with Gasteiger partial charge in [-0.3, -0.25) is 9.59 Å². The predicted octanol–water partition coefficient (Wildman–Crippen LogP) is 1.36. The standard InChI is InChI=1S/C14H22N4O.C11H15N3O3/c1-10(2)6-7-13(19)17-9-11-4-3-5-12(8-11)14(15)18-16;1-16-8-4-3-7(5-9(8)17-2)6-10(15)14-11(12)13/h3-5,8,10H,6-7,9,16H2,1-2H3,(H2,15,18)(H,17,19);3-5H,6H2,1-2H3,(H4,12,13,14,15). The van der Waals surface area contributed by atoms with Crippen molar-refractivity contribution in [2.75, 3.05) is 14.2 Å². The van der Waals surface area contributed by atoms with E-state index in [9.17, 15) is 9.59 Å². The summed E-state index contributed by atoms with van der Waals surface area (Å²) in [4.78, 5) is 26.4. The third-order valence-electron chi connectivity index (χ3n) is 4.86. The molecule has 2 amide bonds. The number of ether oxygens (including phenoxy) is 2. The summed E-state index contributed by atoms with van der Waals surface area (Å²) in [7, 11) is 3.07. The van der Waals surface area contributed by atoms with E-state index < -0.39 is 5.91 Å². The lowest BCUT2D eigenvalue weighted by Crippen LogP contribution is -2.24. The first-order valence-electron chi connectivity index (χ1n) is 11.3. The van der Waals surface area contributed by atoms with Gasteiger partial charge in [-0.15, -0.1) is 0 Å². The Bertz CT molecular complexity index is 1060. The molecule has 11 nitrogen and oxygen atoms in total. The SMILES string of the molecule is CC(C)CCC(=O)NCc1cccc(/C(N)=N/N)c1.COc1ccc(CC(=O)N=C(N)N)cc1OC. The summed E-state index contributed by atoms with van der Waals surface area (Å²) in [6.07, 6.45) is 1.57.